The number of amides is 1. The summed E-state index contributed by atoms with van der Waals surface area (Å²) in [5, 5.41) is 4.89. The molecule has 0 saturated heterocycles. The number of aromatic nitrogens is 1. The molecule has 1 N–H and O–H groups in total. The topological polar surface area (TPSA) is 96.0 Å². The van der Waals surface area contributed by atoms with Gasteiger partial charge in [-0.1, -0.05) is 0 Å². The van der Waals surface area contributed by atoms with E-state index in [0.29, 0.717) is 27.9 Å². The number of hydrogen-bond donors (Lipinski definition) is 1. The van der Waals surface area contributed by atoms with Gasteiger partial charge in [-0.05, 0) is 53.7 Å². The van der Waals surface area contributed by atoms with Crippen molar-refractivity contribution in [1.29, 1.82) is 0 Å². The summed E-state index contributed by atoms with van der Waals surface area (Å²) in [5.74, 6) is 0.751. The summed E-state index contributed by atoms with van der Waals surface area (Å²) < 4.78 is 34.8. The Morgan fingerprint density at radius 2 is 1.58 bits per heavy atom. The zero-order valence-corrected chi connectivity index (χ0v) is 20.5. The van der Waals surface area contributed by atoms with E-state index >= 15 is 0 Å². The fourth-order valence-electron chi connectivity index (χ4n) is 2.71. The van der Waals surface area contributed by atoms with Crippen LogP contribution in [0.3, 0.4) is 0 Å². The fraction of sp³-hybridized carbons (Fsp3) is 0.524. The number of rotatable bonds is 12. The largest absolute Gasteiger partial charge is 0.491 e. The van der Waals surface area contributed by atoms with Gasteiger partial charge < -0.3 is 18.5 Å². The SMILES string of the molecule is CCOP(=O)(Cc1csc(NC(=O)c2cc(OC(C)C)cc(OC(C)C)c2)n1)OCC. The zero-order valence-electron chi connectivity index (χ0n) is 18.8. The molecule has 0 bridgehead atoms. The monoisotopic (exact) mass is 470 g/mol. The molecule has 0 aliphatic rings. The minimum absolute atomic E-state index is 0.0434. The van der Waals surface area contributed by atoms with Crippen molar-refractivity contribution >= 4 is 30.0 Å². The van der Waals surface area contributed by atoms with Gasteiger partial charge in [0.2, 0.25) is 0 Å². The summed E-state index contributed by atoms with van der Waals surface area (Å²) in [5.41, 5.74) is 0.922. The lowest BCUT2D eigenvalue weighted by Gasteiger charge is -2.15. The number of nitrogens with one attached hydrogen (secondary N) is 1. The highest BCUT2D eigenvalue weighted by molar-refractivity contribution is 7.53. The lowest BCUT2D eigenvalue weighted by atomic mass is 10.2. The van der Waals surface area contributed by atoms with Crippen molar-refractivity contribution in [3.63, 3.8) is 0 Å². The summed E-state index contributed by atoms with van der Waals surface area (Å²) in [4.78, 5) is 17.2. The molecule has 1 aromatic carbocycles. The minimum atomic E-state index is -3.26. The molecule has 1 amide bonds. The third-order valence-electron chi connectivity index (χ3n) is 3.67. The molecule has 1 heterocycles. The Labute approximate surface area is 187 Å². The van der Waals surface area contributed by atoms with E-state index in [1.54, 1.807) is 37.4 Å². The molecule has 31 heavy (non-hydrogen) atoms. The molecule has 10 heteroatoms. The quantitative estimate of drug-likeness (QED) is 0.395. The normalized spacial score (nSPS) is 11.7. The van der Waals surface area contributed by atoms with Crippen molar-refractivity contribution in [2.75, 3.05) is 18.5 Å². The Balaban J connectivity index is 2.17. The van der Waals surface area contributed by atoms with Crippen LogP contribution in [-0.4, -0.2) is 36.3 Å². The second-order valence-corrected chi connectivity index (χ2v) is 10.1. The maximum absolute atomic E-state index is 12.8. The first kappa shape index (κ1) is 25.3. The van der Waals surface area contributed by atoms with E-state index < -0.39 is 7.60 Å². The number of carbonyl (C=O) groups excluding carboxylic acids is 1. The smallest absolute Gasteiger partial charge is 0.336 e. The summed E-state index contributed by atoms with van der Waals surface area (Å²) in [6.07, 6.45) is -0.0401. The maximum atomic E-state index is 12.8. The number of thiazole rings is 1. The highest BCUT2D eigenvalue weighted by Crippen LogP contribution is 2.51. The number of nitrogens with zero attached hydrogens (tertiary/aromatic N) is 1. The molecular weight excluding hydrogens is 439 g/mol. The molecule has 2 rings (SSSR count). The van der Waals surface area contributed by atoms with Gasteiger partial charge in [0.05, 0.1) is 37.3 Å². The number of benzene rings is 1. The van der Waals surface area contributed by atoms with Gasteiger partial charge in [-0.15, -0.1) is 11.3 Å². The minimum Gasteiger partial charge on any atom is -0.491 e. The van der Waals surface area contributed by atoms with Gasteiger partial charge in [0.1, 0.15) is 11.5 Å². The van der Waals surface area contributed by atoms with Crippen molar-refractivity contribution < 1.29 is 27.9 Å². The number of ether oxygens (including phenoxy) is 2. The fourth-order valence-corrected chi connectivity index (χ4v) is 5.14. The van der Waals surface area contributed by atoms with Crippen LogP contribution in [0.2, 0.25) is 0 Å². The van der Waals surface area contributed by atoms with Crippen molar-refractivity contribution in [2.45, 2.75) is 59.9 Å². The van der Waals surface area contributed by atoms with Gasteiger partial charge >= 0.3 is 7.60 Å². The van der Waals surface area contributed by atoms with Gasteiger partial charge in [0.15, 0.2) is 5.13 Å². The molecule has 0 spiro atoms. The van der Waals surface area contributed by atoms with E-state index in [0.717, 1.165) is 0 Å². The third-order valence-corrected chi connectivity index (χ3v) is 6.49. The predicted octanol–water partition coefficient (Wildman–Crippen LogP) is 5.74. The van der Waals surface area contributed by atoms with E-state index in [2.05, 4.69) is 10.3 Å². The van der Waals surface area contributed by atoms with E-state index in [1.165, 1.54) is 11.3 Å². The van der Waals surface area contributed by atoms with Crippen LogP contribution in [0.15, 0.2) is 23.6 Å². The Morgan fingerprint density at radius 3 is 2.06 bits per heavy atom. The van der Waals surface area contributed by atoms with Crippen LogP contribution in [0, 0.1) is 0 Å². The van der Waals surface area contributed by atoms with Crippen LogP contribution >= 0.6 is 18.9 Å². The predicted molar refractivity (Wildman–Crippen MR) is 123 cm³/mol. The highest BCUT2D eigenvalue weighted by Gasteiger charge is 2.26. The molecule has 172 valence electrons. The van der Waals surface area contributed by atoms with Crippen LogP contribution in [0.25, 0.3) is 0 Å². The van der Waals surface area contributed by atoms with Gasteiger partial charge in [0.25, 0.3) is 5.91 Å². The second-order valence-electron chi connectivity index (χ2n) is 7.23. The van der Waals surface area contributed by atoms with Crippen LogP contribution in [0.1, 0.15) is 57.6 Å². The Hall–Kier alpha value is -1.93. The van der Waals surface area contributed by atoms with Crippen LogP contribution in [-0.2, 0) is 19.8 Å². The molecule has 1 aromatic heterocycles. The van der Waals surface area contributed by atoms with Crippen molar-refractivity contribution in [1.82, 2.24) is 4.98 Å². The summed E-state index contributed by atoms with van der Waals surface area (Å²) >= 11 is 1.24. The van der Waals surface area contributed by atoms with Crippen molar-refractivity contribution in [3.05, 3.63) is 34.8 Å². The number of anilines is 1. The molecule has 0 saturated carbocycles. The molecule has 0 unspecified atom stereocenters. The van der Waals surface area contributed by atoms with Crippen LogP contribution < -0.4 is 14.8 Å². The Bertz CT molecular complexity index is 877. The lowest BCUT2D eigenvalue weighted by molar-refractivity contribution is 0.102. The molecule has 0 aliphatic carbocycles. The van der Waals surface area contributed by atoms with E-state index in [9.17, 15) is 9.36 Å². The summed E-state index contributed by atoms with van der Waals surface area (Å²) in [6, 6.07) is 5.09. The number of hydrogen-bond acceptors (Lipinski definition) is 8. The van der Waals surface area contributed by atoms with Gasteiger partial charge in [-0.2, -0.15) is 0 Å². The molecule has 0 aliphatic heterocycles. The summed E-state index contributed by atoms with van der Waals surface area (Å²) in [6.45, 7) is 11.7. The molecule has 0 fully saturated rings. The first-order chi connectivity index (χ1) is 14.6. The van der Waals surface area contributed by atoms with Crippen molar-refractivity contribution in [3.8, 4) is 11.5 Å². The Kier molecular flexibility index (Phi) is 9.50. The molecule has 2 aromatic rings. The zero-order chi connectivity index (χ0) is 23.0. The highest BCUT2D eigenvalue weighted by atomic mass is 32.1. The average Bonchev–Trinajstić information content (AvgIpc) is 3.06. The van der Waals surface area contributed by atoms with E-state index in [1.807, 2.05) is 27.7 Å². The van der Waals surface area contributed by atoms with Gasteiger partial charge in [0, 0.05) is 17.0 Å². The van der Waals surface area contributed by atoms with E-state index in [4.69, 9.17) is 18.5 Å². The number of carbonyl (C=O) groups is 1. The second kappa shape index (κ2) is 11.6. The molecule has 0 atom stereocenters. The van der Waals surface area contributed by atoms with Gasteiger partial charge in [-0.25, -0.2) is 4.98 Å². The third kappa shape index (κ3) is 8.26. The molecular formula is C21H31N2O6PS. The molecule has 8 nitrogen and oxygen atoms in total. The first-order valence-electron chi connectivity index (χ1n) is 10.3. The molecule has 0 radical (unpaired) electrons. The average molecular weight is 471 g/mol. The van der Waals surface area contributed by atoms with Crippen molar-refractivity contribution in [2.24, 2.45) is 0 Å². The Morgan fingerprint density at radius 1 is 1.03 bits per heavy atom. The van der Waals surface area contributed by atoms with Crippen LogP contribution in [0.4, 0.5) is 5.13 Å². The first-order valence-corrected chi connectivity index (χ1v) is 12.9. The van der Waals surface area contributed by atoms with Gasteiger partial charge in [-0.3, -0.25) is 14.7 Å². The summed E-state index contributed by atoms with van der Waals surface area (Å²) in [7, 11) is -3.26. The van der Waals surface area contributed by atoms with Crippen LogP contribution in [0.5, 0.6) is 11.5 Å². The van der Waals surface area contributed by atoms with E-state index in [-0.39, 0.29) is 37.5 Å². The standard InChI is InChI=1S/C21H31N2O6PS/c1-7-26-30(25,27-8-2)12-17-13-31-21(22-17)23-20(24)16-9-18(28-14(3)4)11-19(10-16)29-15(5)6/h9-11,13-15H,7-8,12H2,1-6H3,(H,22,23,24). The lowest BCUT2D eigenvalue weighted by Crippen LogP contribution is -2.14. The maximum Gasteiger partial charge on any atom is 0.336 e.